The van der Waals surface area contributed by atoms with Crippen LogP contribution in [0.4, 0.5) is 0 Å². The first-order valence-electron chi connectivity index (χ1n) is 6.65. The van der Waals surface area contributed by atoms with Crippen molar-refractivity contribution in [3.05, 3.63) is 63.6 Å². The molecule has 22 heavy (non-hydrogen) atoms. The molecule has 2 aromatic rings. The monoisotopic (exact) mass is 336 g/mol. The van der Waals surface area contributed by atoms with Crippen molar-refractivity contribution in [1.29, 1.82) is 0 Å². The van der Waals surface area contributed by atoms with Crippen molar-refractivity contribution < 1.29 is 14.3 Å². The molecule has 0 N–H and O–H groups in total. The van der Waals surface area contributed by atoms with Crippen molar-refractivity contribution >= 4 is 34.8 Å². The summed E-state index contributed by atoms with van der Waals surface area (Å²) in [5.41, 5.74) is 1.30. The number of aryl methyl sites for hydroxylation is 1. The Hall–Kier alpha value is -1.84. The highest BCUT2D eigenvalue weighted by Gasteiger charge is 2.13. The van der Waals surface area contributed by atoms with Gasteiger partial charge in [0, 0.05) is 15.6 Å². The van der Waals surface area contributed by atoms with Gasteiger partial charge in [0.15, 0.2) is 11.6 Å². The summed E-state index contributed by atoms with van der Waals surface area (Å²) in [6, 6.07) is 11.6. The smallest absolute Gasteiger partial charge is 0.177 e. The topological polar surface area (TPSA) is 43.4 Å². The Morgan fingerprint density at radius 1 is 1.00 bits per heavy atom. The second-order valence-electron chi connectivity index (χ2n) is 4.84. The third-order valence-corrected chi connectivity index (χ3v) is 3.54. The number of ketones is 2. The quantitative estimate of drug-likeness (QED) is 0.575. The maximum atomic E-state index is 12.0. The van der Waals surface area contributed by atoms with E-state index in [4.69, 9.17) is 27.9 Å². The van der Waals surface area contributed by atoms with Crippen molar-refractivity contribution in [2.45, 2.75) is 13.3 Å². The highest BCUT2D eigenvalue weighted by atomic mass is 35.5. The van der Waals surface area contributed by atoms with Crippen molar-refractivity contribution in [3.8, 4) is 5.75 Å². The number of benzene rings is 2. The van der Waals surface area contributed by atoms with Crippen LogP contribution in [0.25, 0.3) is 0 Å². The van der Waals surface area contributed by atoms with Crippen LogP contribution in [-0.4, -0.2) is 18.2 Å². The zero-order chi connectivity index (χ0) is 16.1. The SMILES string of the molecule is Cc1cc(Cl)ccc1OCC(=O)CC(=O)c1ccc(Cl)cc1. The minimum Gasteiger partial charge on any atom is -0.486 e. The Morgan fingerprint density at radius 2 is 1.64 bits per heavy atom. The van der Waals surface area contributed by atoms with Gasteiger partial charge in [-0.3, -0.25) is 9.59 Å². The third-order valence-electron chi connectivity index (χ3n) is 3.05. The van der Waals surface area contributed by atoms with E-state index in [9.17, 15) is 9.59 Å². The Kier molecular flexibility index (Phi) is 5.58. The summed E-state index contributed by atoms with van der Waals surface area (Å²) in [4.78, 5) is 23.8. The number of carbonyl (C=O) groups is 2. The summed E-state index contributed by atoms with van der Waals surface area (Å²) in [7, 11) is 0. The fourth-order valence-corrected chi connectivity index (χ4v) is 2.25. The normalized spacial score (nSPS) is 10.3. The molecule has 0 aliphatic carbocycles. The molecule has 0 aromatic heterocycles. The molecular weight excluding hydrogens is 323 g/mol. The minimum atomic E-state index is -0.283. The molecule has 2 rings (SSSR count). The number of hydrogen-bond acceptors (Lipinski definition) is 3. The van der Waals surface area contributed by atoms with E-state index in [-0.39, 0.29) is 24.6 Å². The van der Waals surface area contributed by atoms with Gasteiger partial charge in [-0.2, -0.15) is 0 Å². The standard InChI is InChI=1S/C17H14Cl2O3/c1-11-8-14(19)6-7-17(11)22-10-15(20)9-16(21)12-2-4-13(18)5-3-12/h2-8H,9-10H2,1H3. The van der Waals surface area contributed by atoms with Crippen LogP contribution in [0.1, 0.15) is 22.3 Å². The molecule has 0 saturated carbocycles. The third kappa shape index (κ3) is 4.58. The molecule has 0 bridgehead atoms. The fraction of sp³-hybridized carbons (Fsp3) is 0.176. The van der Waals surface area contributed by atoms with E-state index >= 15 is 0 Å². The first kappa shape index (κ1) is 16.5. The molecule has 0 amide bonds. The Balaban J connectivity index is 1.90. The number of carbonyl (C=O) groups excluding carboxylic acids is 2. The molecule has 0 aliphatic heterocycles. The van der Waals surface area contributed by atoms with Gasteiger partial charge in [0.1, 0.15) is 12.4 Å². The fourth-order valence-electron chi connectivity index (χ4n) is 1.90. The summed E-state index contributed by atoms with van der Waals surface area (Å²) in [5.74, 6) is 0.0455. The Bertz CT molecular complexity index is 694. The van der Waals surface area contributed by atoms with E-state index in [2.05, 4.69) is 0 Å². The molecule has 3 nitrogen and oxygen atoms in total. The Labute approximate surface area is 138 Å². The average Bonchev–Trinajstić information content (AvgIpc) is 2.47. The van der Waals surface area contributed by atoms with E-state index < -0.39 is 0 Å². The van der Waals surface area contributed by atoms with Crippen LogP contribution in [-0.2, 0) is 4.79 Å². The second kappa shape index (κ2) is 7.43. The predicted octanol–water partition coefficient (Wildman–Crippen LogP) is 4.52. The number of halogens is 2. The van der Waals surface area contributed by atoms with Gasteiger partial charge in [-0.1, -0.05) is 23.2 Å². The van der Waals surface area contributed by atoms with Crippen molar-refractivity contribution in [2.75, 3.05) is 6.61 Å². The van der Waals surface area contributed by atoms with Gasteiger partial charge in [0.05, 0.1) is 6.42 Å². The highest BCUT2D eigenvalue weighted by Crippen LogP contribution is 2.21. The number of ether oxygens (including phenoxy) is 1. The van der Waals surface area contributed by atoms with Gasteiger partial charge in [-0.15, -0.1) is 0 Å². The van der Waals surface area contributed by atoms with E-state index in [1.165, 1.54) is 0 Å². The van der Waals surface area contributed by atoms with E-state index in [1.807, 2.05) is 6.92 Å². The summed E-state index contributed by atoms with van der Waals surface area (Å²) in [6.45, 7) is 1.69. The maximum Gasteiger partial charge on any atom is 0.177 e. The number of hydrogen-bond donors (Lipinski definition) is 0. The first-order chi connectivity index (χ1) is 10.5. The minimum absolute atomic E-state index is 0.151. The number of rotatable bonds is 6. The molecule has 0 heterocycles. The average molecular weight is 337 g/mol. The molecule has 0 radical (unpaired) electrons. The van der Waals surface area contributed by atoms with Crippen molar-refractivity contribution in [3.63, 3.8) is 0 Å². The predicted molar refractivity (Wildman–Crippen MR) is 87.1 cm³/mol. The van der Waals surface area contributed by atoms with E-state index in [0.29, 0.717) is 21.4 Å². The number of Topliss-reactive ketones (excluding diaryl/α,β-unsaturated/α-hetero) is 2. The van der Waals surface area contributed by atoms with Crippen LogP contribution in [0.3, 0.4) is 0 Å². The van der Waals surface area contributed by atoms with E-state index in [0.717, 1.165) is 5.56 Å². The molecule has 0 aliphatic rings. The zero-order valence-corrected chi connectivity index (χ0v) is 13.4. The second-order valence-corrected chi connectivity index (χ2v) is 5.72. The molecule has 5 heteroatoms. The molecule has 114 valence electrons. The van der Waals surface area contributed by atoms with Crippen LogP contribution in [0, 0.1) is 6.92 Å². The lowest BCUT2D eigenvalue weighted by Crippen LogP contribution is -2.16. The molecular formula is C17H14Cl2O3. The maximum absolute atomic E-state index is 12.0. The van der Waals surface area contributed by atoms with Gasteiger partial charge in [-0.25, -0.2) is 0 Å². The van der Waals surface area contributed by atoms with Crippen LogP contribution in [0.2, 0.25) is 10.0 Å². The van der Waals surface area contributed by atoms with Gasteiger partial charge < -0.3 is 4.74 Å². The molecule has 0 unspecified atom stereocenters. The van der Waals surface area contributed by atoms with Crippen molar-refractivity contribution in [2.24, 2.45) is 0 Å². The lowest BCUT2D eigenvalue weighted by Gasteiger charge is -2.08. The van der Waals surface area contributed by atoms with Crippen LogP contribution >= 0.6 is 23.2 Å². The van der Waals surface area contributed by atoms with Crippen LogP contribution < -0.4 is 4.74 Å². The van der Waals surface area contributed by atoms with E-state index in [1.54, 1.807) is 42.5 Å². The van der Waals surface area contributed by atoms with Crippen molar-refractivity contribution in [1.82, 2.24) is 0 Å². The van der Waals surface area contributed by atoms with Crippen LogP contribution in [0.5, 0.6) is 5.75 Å². The molecule has 0 saturated heterocycles. The lowest BCUT2D eigenvalue weighted by atomic mass is 10.1. The van der Waals surface area contributed by atoms with Gasteiger partial charge >= 0.3 is 0 Å². The summed E-state index contributed by atoms with van der Waals surface area (Å²) < 4.78 is 5.43. The molecule has 0 atom stereocenters. The molecule has 2 aromatic carbocycles. The highest BCUT2D eigenvalue weighted by molar-refractivity contribution is 6.31. The largest absolute Gasteiger partial charge is 0.486 e. The summed E-state index contributed by atoms with van der Waals surface area (Å²) >= 11 is 11.6. The molecule has 0 spiro atoms. The van der Waals surface area contributed by atoms with Gasteiger partial charge in [0.2, 0.25) is 0 Å². The van der Waals surface area contributed by atoms with Crippen LogP contribution in [0.15, 0.2) is 42.5 Å². The lowest BCUT2D eigenvalue weighted by molar-refractivity contribution is -0.120. The summed E-state index contributed by atoms with van der Waals surface area (Å²) in [6.07, 6.45) is -0.200. The first-order valence-corrected chi connectivity index (χ1v) is 7.41. The van der Waals surface area contributed by atoms with Gasteiger partial charge in [0.25, 0.3) is 0 Å². The Morgan fingerprint density at radius 3 is 2.27 bits per heavy atom. The molecule has 0 fully saturated rings. The van der Waals surface area contributed by atoms with Gasteiger partial charge in [-0.05, 0) is 55.0 Å². The summed E-state index contributed by atoms with van der Waals surface area (Å²) in [5, 5.41) is 1.15. The zero-order valence-electron chi connectivity index (χ0n) is 11.9.